The molecule has 0 saturated heterocycles. The zero-order valence-electron chi connectivity index (χ0n) is 15.0. The highest BCUT2D eigenvalue weighted by atomic mass is 32.2. The number of hydrogen-bond donors (Lipinski definition) is 2. The molecule has 2 aliphatic rings. The van der Waals surface area contributed by atoms with Gasteiger partial charge in [-0.25, -0.2) is 0 Å². The van der Waals surface area contributed by atoms with E-state index in [9.17, 15) is 22.9 Å². The van der Waals surface area contributed by atoms with Crippen molar-refractivity contribution in [1.29, 1.82) is 0 Å². The Morgan fingerprint density at radius 2 is 1.96 bits per heavy atom. The van der Waals surface area contributed by atoms with Gasteiger partial charge in [-0.1, -0.05) is 26.3 Å². The number of carbonyl (C=O) groups is 1. The van der Waals surface area contributed by atoms with E-state index >= 15 is 0 Å². The van der Waals surface area contributed by atoms with Crippen LogP contribution in [-0.2, 0) is 33.2 Å². The van der Waals surface area contributed by atoms with Crippen LogP contribution >= 0.6 is 0 Å². The Kier molecular flexibility index (Phi) is 4.27. The summed E-state index contributed by atoms with van der Waals surface area (Å²) < 4.78 is 33.4. The highest BCUT2D eigenvalue weighted by Crippen LogP contribution is 2.57. The summed E-state index contributed by atoms with van der Waals surface area (Å²) in [5.41, 5.74) is 1.44. The Balaban J connectivity index is 2.22. The molecule has 1 unspecified atom stereocenters. The van der Waals surface area contributed by atoms with Crippen LogP contribution < -0.4 is 0 Å². The van der Waals surface area contributed by atoms with Crippen molar-refractivity contribution in [3.63, 3.8) is 0 Å². The molecule has 1 aromatic rings. The Morgan fingerprint density at radius 3 is 2.52 bits per heavy atom. The number of hydrogen-bond acceptors (Lipinski definition) is 3. The zero-order chi connectivity index (χ0) is 18.6. The van der Waals surface area contributed by atoms with Crippen LogP contribution in [0.2, 0.25) is 0 Å². The van der Waals surface area contributed by atoms with Crippen molar-refractivity contribution in [2.45, 2.75) is 69.6 Å². The maximum absolute atomic E-state index is 12.0. The second-order valence-electron chi connectivity index (χ2n) is 8.03. The van der Waals surface area contributed by atoms with Crippen LogP contribution in [-0.4, -0.2) is 24.0 Å². The molecule has 6 heteroatoms. The zero-order valence-corrected chi connectivity index (χ0v) is 15.8. The molecule has 0 spiro atoms. The van der Waals surface area contributed by atoms with Crippen molar-refractivity contribution in [3.05, 3.63) is 28.8 Å². The molecule has 0 aliphatic heterocycles. The third-order valence-corrected chi connectivity index (χ3v) is 7.62. The SMILES string of the molecule is CCc1cc2c(cc1S(=O)(=O)O)[C@@]1(C)CCC[C@@](C)(C(=O)O)C1CC2. The summed E-state index contributed by atoms with van der Waals surface area (Å²) in [5, 5.41) is 9.83. The fourth-order valence-electron chi connectivity index (χ4n) is 5.32. The molecule has 2 N–H and O–H groups in total. The van der Waals surface area contributed by atoms with E-state index in [1.54, 1.807) is 6.07 Å². The van der Waals surface area contributed by atoms with Gasteiger partial charge in [0, 0.05) is 0 Å². The normalized spacial score (nSPS) is 31.9. The van der Waals surface area contributed by atoms with E-state index in [1.165, 1.54) is 0 Å². The minimum absolute atomic E-state index is 0.0294. The van der Waals surface area contributed by atoms with Crippen molar-refractivity contribution in [2.75, 3.05) is 0 Å². The molecule has 2 aliphatic carbocycles. The summed E-state index contributed by atoms with van der Waals surface area (Å²) >= 11 is 0. The smallest absolute Gasteiger partial charge is 0.309 e. The number of aryl methyl sites for hydroxylation is 2. The average Bonchev–Trinajstić information content (AvgIpc) is 2.52. The Morgan fingerprint density at radius 1 is 1.28 bits per heavy atom. The van der Waals surface area contributed by atoms with Gasteiger partial charge in [-0.3, -0.25) is 9.35 Å². The monoisotopic (exact) mass is 366 g/mol. The number of rotatable bonds is 3. The van der Waals surface area contributed by atoms with Gasteiger partial charge < -0.3 is 5.11 Å². The summed E-state index contributed by atoms with van der Waals surface area (Å²) in [6.45, 7) is 5.76. The third kappa shape index (κ3) is 2.70. The van der Waals surface area contributed by atoms with Crippen molar-refractivity contribution in [3.8, 4) is 0 Å². The molecule has 0 amide bonds. The molecule has 1 fully saturated rings. The Hall–Kier alpha value is -1.40. The first kappa shape index (κ1) is 18.4. The van der Waals surface area contributed by atoms with Crippen molar-refractivity contribution in [1.82, 2.24) is 0 Å². The van der Waals surface area contributed by atoms with Gasteiger partial charge in [0.25, 0.3) is 10.1 Å². The van der Waals surface area contributed by atoms with Crippen LogP contribution in [0.3, 0.4) is 0 Å². The summed E-state index contributed by atoms with van der Waals surface area (Å²) in [6.07, 6.45) is 4.35. The lowest BCUT2D eigenvalue weighted by Gasteiger charge is -2.53. The molecule has 1 aromatic carbocycles. The van der Waals surface area contributed by atoms with E-state index in [0.717, 1.165) is 36.8 Å². The maximum Gasteiger partial charge on any atom is 0.309 e. The Labute approximate surface area is 149 Å². The van der Waals surface area contributed by atoms with Crippen LogP contribution in [0.4, 0.5) is 0 Å². The van der Waals surface area contributed by atoms with E-state index < -0.39 is 21.5 Å². The lowest BCUT2D eigenvalue weighted by Crippen LogP contribution is -2.52. The first-order valence-electron chi connectivity index (χ1n) is 8.91. The molecule has 0 aromatic heterocycles. The molecule has 0 bridgehead atoms. The van der Waals surface area contributed by atoms with Crippen LogP contribution in [0.25, 0.3) is 0 Å². The topological polar surface area (TPSA) is 91.7 Å². The van der Waals surface area contributed by atoms with Gasteiger partial charge >= 0.3 is 5.97 Å². The molecule has 5 nitrogen and oxygen atoms in total. The van der Waals surface area contributed by atoms with Crippen molar-refractivity contribution in [2.24, 2.45) is 11.3 Å². The van der Waals surface area contributed by atoms with E-state index in [2.05, 4.69) is 6.92 Å². The molecular weight excluding hydrogens is 340 g/mol. The summed E-state index contributed by atoms with van der Waals surface area (Å²) in [6, 6.07) is 3.51. The number of carboxylic acid groups (broad SMARTS) is 1. The van der Waals surface area contributed by atoms with Crippen molar-refractivity contribution >= 4 is 16.1 Å². The van der Waals surface area contributed by atoms with Gasteiger partial charge in [0.2, 0.25) is 0 Å². The van der Waals surface area contributed by atoms with Gasteiger partial charge in [0.15, 0.2) is 0 Å². The standard InChI is InChI=1S/C19H26O5S/c1-4-12-10-13-6-7-16-18(2,8-5-9-19(16,3)17(20)21)14(13)11-15(12)25(22,23)24/h10-11,16H,4-9H2,1-3H3,(H,20,21)(H,22,23,24)/t16?,18-,19-/m1/s1. The summed E-state index contributed by atoms with van der Waals surface area (Å²) in [4.78, 5) is 11.9. The van der Waals surface area contributed by atoms with Crippen LogP contribution in [0.5, 0.6) is 0 Å². The quantitative estimate of drug-likeness (QED) is 0.798. The number of fused-ring (bicyclic) bond motifs is 3. The molecule has 25 heavy (non-hydrogen) atoms. The third-order valence-electron chi connectivity index (χ3n) is 6.68. The lowest BCUT2D eigenvalue weighted by atomic mass is 9.50. The second kappa shape index (κ2) is 5.81. The van der Waals surface area contributed by atoms with Gasteiger partial charge in [-0.2, -0.15) is 8.42 Å². The fourth-order valence-corrected chi connectivity index (χ4v) is 6.12. The second-order valence-corrected chi connectivity index (χ2v) is 9.42. The minimum Gasteiger partial charge on any atom is -0.481 e. The number of aliphatic carboxylic acids is 1. The molecule has 1 saturated carbocycles. The van der Waals surface area contributed by atoms with E-state index in [-0.39, 0.29) is 16.2 Å². The first-order chi connectivity index (χ1) is 11.5. The van der Waals surface area contributed by atoms with E-state index in [1.807, 2.05) is 19.9 Å². The van der Waals surface area contributed by atoms with Crippen LogP contribution in [0.15, 0.2) is 17.0 Å². The van der Waals surface area contributed by atoms with Crippen molar-refractivity contribution < 1.29 is 22.9 Å². The minimum atomic E-state index is -4.31. The summed E-state index contributed by atoms with van der Waals surface area (Å²) in [5.74, 6) is -0.812. The van der Waals surface area contributed by atoms with Crippen LogP contribution in [0, 0.1) is 11.3 Å². The fraction of sp³-hybridized carbons (Fsp3) is 0.632. The molecule has 3 rings (SSSR count). The number of carboxylic acids is 1. The lowest BCUT2D eigenvalue weighted by molar-refractivity contribution is -0.157. The highest BCUT2D eigenvalue weighted by molar-refractivity contribution is 7.85. The van der Waals surface area contributed by atoms with E-state index in [4.69, 9.17) is 0 Å². The van der Waals surface area contributed by atoms with Crippen LogP contribution in [0.1, 0.15) is 63.1 Å². The molecule has 0 radical (unpaired) electrons. The predicted molar refractivity (Wildman–Crippen MR) is 94.4 cm³/mol. The Bertz CT molecular complexity index is 828. The average molecular weight is 366 g/mol. The largest absolute Gasteiger partial charge is 0.481 e. The van der Waals surface area contributed by atoms with Gasteiger partial charge in [-0.05, 0) is 73.1 Å². The van der Waals surface area contributed by atoms with E-state index in [0.29, 0.717) is 18.4 Å². The number of benzene rings is 1. The molecule has 0 heterocycles. The summed E-state index contributed by atoms with van der Waals surface area (Å²) in [7, 11) is -4.31. The molecule has 3 atom stereocenters. The maximum atomic E-state index is 12.0. The first-order valence-corrected chi connectivity index (χ1v) is 10.3. The molecular formula is C19H26O5S. The van der Waals surface area contributed by atoms with Gasteiger partial charge in [0.05, 0.1) is 10.3 Å². The highest BCUT2D eigenvalue weighted by Gasteiger charge is 2.55. The van der Waals surface area contributed by atoms with Gasteiger partial charge in [0.1, 0.15) is 0 Å². The molecule has 138 valence electrons. The van der Waals surface area contributed by atoms with Gasteiger partial charge in [-0.15, -0.1) is 0 Å². The predicted octanol–water partition coefficient (Wildman–Crippen LogP) is 3.59.